The molecule has 2 atom stereocenters. The van der Waals surface area contributed by atoms with Crippen LogP contribution < -0.4 is 15.0 Å². The molecule has 33 heavy (non-hydrogen) atoms. The van der Waals surface area contributed by atoms with Crippen molar-refractivity contribution in [3.05, 3.63) is 77.1 Å². The van der Waals surface area contributed by atoms with E-state index in [-0.39, 0.29) is 17.9 Å². The number of carbonyl (C=O) groups is 1. The van der Waals surface area contributed by atoms with Crippen LogP contribution in [0.1, 0.15) is 48.1 Å². The van der Waals surface area contributed by atoms with E-state index in [1.165, 1.54) is 16.7 Å². The van der Waals surface area contributed by atoms with Gasteiger partial charge in [0.15, 0.2) is 5.82 Å². The number of nitrogens with one attached hydrogen (secondary N) is 1. The Hall–Kier alpha value is -3.41. The van der Waals surface area contributed by atoms with E-state index in [2.05, 4.69) is 52.2 Å². The summed E-state index contributed by atoms with van der Waals surface area (Å²) in [5, 5.41) is 3.21. The third-order valence-electron chi connectivity index (χ3n) is 6.36. The number of hydrogen-bond donors (Lipinski definition) is 1. The van der Waals surface area contributed by atoms with Crippen molar-refractivity contribution in [3.8, 4) is 11.6 Å². The zero-order chi connectivity index (χ0) is 23.4. The molecule has 2 aromatic carbocycles. The molecule has 1 aliphatic heterocycles. The Kier molecular flexibility index (Phi) is 6.92. The molecule has 1 N–H and O–H groups in total. The zero-order valence-electron chi connectivity index (χ0n) is 19.8. The van der Waals surface area contributed by atoms with Gasteiger partial charge < -0.3 is 15.0 Å². The number of ether oxygens (including phenoxy) is 1. The Morgan fingerprint density at radius 1 is 1.06 bits per heavy atom. The van der Waals surface area contributed by atoms with Crippen LogP contribution in [0.25, 0.3) is 0 Å². The maximum absolute atomic E-state index is 13.1. The minimum absolute atomic E-state index is 0.0378. The molecule has 1 aliphatic rings. The van der Waals surface area contributed by atoms with E-state index in [0.717, 1.165) is 30.7 Å². The SMILES string of the molecule is Cc1ccc(Oc2nccnc2N2CCC[C@H](C(=O)N[C@@H](C)c3ccc(C)c(C)c3)C2)cc1. The standard InChI is InChI=1S/C27H32N4O2/c1-18-7-11-24(12-8-18)33-27-25(28-13-14-29-27)31-15-5-6-23(17-31)26(32)30-21(4)22-10-9-19(2)20(3)16-22/h7-14,16,21,23H,5-6,15,17H2,1-4H3,(H,30,32)/t21-,23-/m0/s1. The maximum atomic E-state index is 13.1. The highest BCUT2D eigenvalue weighted by atomic mass is 16.5. The number of benzene rings is 2. The van der Waals surface area contributed by atoms with E-state index < -0.39 is 0 Å². The van der Waals surface area contributed by atoms with E-state index in [9.17, 15) is 4.79 Å². The fourth-order valence-corrected chi connectivity index (χ4v) is 4.16. The fourth-order valence-electron chi connectivity index (χ4n) is 4.16. The number of amides is 1. The van der Waals surface area contributed by atoms with Crippen molar-refractivity contribution >= 4 is 11.7 Å². The molecule has 4 rings (SSSR count). The number of carbonyl (C=O) groups excluding carboxylic acids is 1. The molecule has 0 saturated carbocycles. The number of nitrogens with zero attached hydrogens (tertiary/aromatic N) is 3. The second kappa shape index (κ2) is 10.0. The van der Waals surface area contributed by atoms with Gasteiger partial charge in [-0.05, 0) is 69.4 Å². The highest BCUT2D eigenvalue weighted by Crippen LogP contribution is 2.31. The van der Waals surface area contributed by atoms with Gasteiger partial charge in [-0.25, -0.2) is 9.97 Å². The van der Waals surface area contributed by atoms with Gasteiger partial charge >= 0.3 is 0 Å². The van der Waals surface area contributed by atoms with Gasteiger partial charge in [-0.1, -0.05) is 35.9 Å². The van der Waals surface area contributed by atoms with Crippen molar-refractivity contribution in [3.63, 3.8) is 0 Å². The summed E-state index contributed by atoms with van der Waals surface area (Å²) in [6.45, 7) is 9.69. The van der Waals surface area contributed by atoms with Crippen molar-refractivity contribution in [2.75, 3.05) is 18.0 Å². The molecule has 0 spiro atoms. The smallest absolute Gasteiger partial charge is 0.263 e. The van der Waals surface area contributed by atoms with Crippen molar-refractivity contribution in [1.82, 2.24) is 15.3 Å². The molecule has 0 radical (unpaired) electrons. The van der Waals surface area contributed by atoms with E-state index >= 15 is 0 Å². The molecular formula is C27H32N4O2. The van der Waals surface area contributed by atoms with Gasteiger partial charge in [-0.3, -0.25) is 4.79 Å². The van der Waals surface area contributed by atoms with Crippen LogP contribution in [0.15, 0.2) is 54.9 Å². The molecule has 6 nitrogen and oxygen atoms in total. The number of rotatable bonds is 6. The first kappa shape index (κ1) is 22.8. The fraction of sp³-hybridized carbons (Fsp3) is 0.370. The minimum Gasteiger partial charge on any atom is -0.436 e. The lowest BCUT2D eigenvalue weighted by atomic mass is 9.96. The highest BCUT2D eigenvalue weighted by Gasteiger charge is 2.29. The molecule has 1 fully saturated rings. The summed E-state index contributed by atoms with van der Waals surface area (Å²) in [4.78, 5) is 24.2. The van der Waals surface area contributed by atoms with E-state index in [0.29, 0.717) is 18.2 Å². The highest BCUT2D eigenvalue weighted by molar-refractivity contribution is 5.80. The number of aryl methyl sites for hydroxylation is 3. The van der Waals surface area contributed by atoms with Crippen LogP contribution in [-0.2, 0) is 4.79 Å². The van der Waals surface area contributed by atoms with Crippen LogP contribution in [0.3, 0.4) is 0 Å². The Bertz CT molecular complexity index is 1110. The van der Waals surface area contributed by atoms with Crippen LogP contribution in [0.2, 0.25) is 0 Å². The average molecular weight is 445 g/mol. The van der Waals surface area contributed by atoms with Gasteiger partial charge in [0.05, 0.1) is 12.0 Å². The average Bonchev–Trinajstić information content (AvgIpc) is 2.82. The Labute approximate surface area is 196 Å². The predicted molar refractivity (Wildman–Crippen MR) is 131 cm³/mol. The first-order valence-electron chi connectivity index (χ1n) is 11.6. The lowest BCUT2D eigenvalue weighted by Gasteiger charge is -2.33. The summed E-state index contributed by atoms with van der Waals surface area (Å²) in [5.74, 6) is 1.83. The topological polar surface area (TPSA) is 67.4 Å². The third-order valence-corrected chi connectivity index (χ3v) is 6.36. The van der Waals surface area contributed by atoms with E-state index in [4.69, 9.17) is 4.74 Å². The van der Waals surface area contributed by atoms with E-state index in [1.54, 1.807) is 12.4 Å². The predicted octanol–water partition coefficient (Wildman–Crippen LogP) is 5.29. The minimum atomic E-state index is -0.109. The Balaban J connectivity index is 1.44. The van der Waals surface area contributed by atoms with Crippen molar-refractivity contribution in [2.45, 2.75) is 46.6 Å². The molecule has 0 bridgehead atoms. The summed E-state index contributed by atoms with van der Waals surface area (Å²) in [6, 6.07) is 14.2. The van der Waals surface area contributed by atoms with Crippen LogP contribution in [0.5, 0.6) is 11.6 Å². The molecule has 0 aliphatic carbocycles. The van der Waals surface area contributed by atoms with Crippen molar-refractivity contribution in [1.29, 1.82) is 0 Å². The number of hydrogen-bond acceptors (Lipinski definition) is 5. The van der Waals surface area contributed by atoms with Gasteiger partial charge in [0.25, 0.3) is 5.88 Å². The monoisotopic (exact) mass is 444 g/mol. The van der Waals surface area contributed by atoms with E-state index in [1.807, 2.05) is 38.1 Å². The number of piperidine rings is 1. The Morgan fingerprint density at radius 3 is 2.58 bits per heavy atom. The van der Waals surface area contributed by atoms with Gasteiger partial charge in [-0.2, -0.15) is 0 Å². The van der Waals surface area contributed by atoms with Gasteiger partial charge in [0.2, 0.25) is 5.91 Å². The molecule has 2 heterocycles. The lowest BCUT2D eigenvalue weighted by molar-refractivity contribution is -0.125. The summed E-state index contributed by atoms with van der Waals surface area (Å²) in [6.07, 6.45) is 5.07. The molecule has 6 heteroatoms. The molecule has 1 saturated heterocycles. The molecule has 0 unspecified atom stereocenters. The first-order chi connectivity index (χ1) is 15.9. The van der Waals surface area contributed by atoms with Crippen LogP contribution in [0, 0.1) is 26.7 Å². The van der Waals surface area contributed by atoms with Crippen LogP contribution >= 0.6 is 0 Å². The van der Waals surface area contributed by atoms with Crippen LogP contribution in [0.4, 0.5) is 5.82 Å². The summed E-state index contributed by atoms with van der Waals surface area (Å²) < 4.78 is 6.04. The molecule has 1 amide bonds. The molecular weight excluding hydrogens is 412 g/mol. The normalized spacial score (nSPS) is 16.8. The number of aromatic nitrogens is 2. The van der Waals surface area contributed by atoms with Gasteiger partial charge in [-0.15, -0.1) is 0 Å². The first-order valence-corrected chi connectivity index (χ1v) is 11.6. The van der Waals surface area contributed by atoms with Crippen molar-refractivity contribution < 1.29 is 9.53 Å². The van der Waals surface area contributed by atoms with Crippen LogP contribution in [-0.4, -0.2) is 29.0 Å². The molecule has 172 valence electrons. The Morgan fingerprint density at radius 2 is 1.82 bits per heavy atom. The molecule has 3 aromatic rings. The van der Waals surface area contributed by atoms with Gasteiger partial charge in [0.1, 0.15) is 5.75 Å². The van der Waals surface area contributed by atoms with Crippen molar-refractivity contribution in [2.24, 2.45) is 5.92 Å². The second-order valence-electron chi connectivity index (χ2n) is 8.96. The third kappa shape index (κ3) is 5.51. The zero-order valence-corrected chi connectivity index (χ0v) is 19.8. The molecule has 1 aromatic heterocycles. The second-order valence-corrected chi connectivity index (χ2v) is 8.96. The summed E-state index contributed by atoms with van der Waals surface area (Å²) >= 11 is 0. The quantitative estimate of drug-likeness (QED) is 0.560. The maximum Gasteiger partial charge on any atom is 0.263 e. The van der Waals surface area contributed by atoms with Gasteiger partial charge in [0, 0.05) is 25.5 Å². The lowest BCUT2D eigenvalue weighted by Crippen LogP contribution is -2.44. The number of anilines is 1. The summed E-state index contributed by atoms with van der Waals surface area (Å²) in [7, 11) is 0. The summed E-state index contributed by atoms with van der Waals surface area (Å²) in [5.41, 5.74) is 4.79. The largest absolute Gasteiger partial charge is 0.436 e.